The van der Waals surface area contributed by atoms with E-state index >= 15 is 0 Å². The molecule has 0 saturated carbocycles. The third kappa shape index (κ3) is 2.64. The number of hydrogen-bond acceptors (Lipinski definition) is 2. The fourth-order valence-electron chi connectivity index (χ4n) is 5.53. The van der Waals surface area contributed by atoms with Crippen LogP contribution >= 0.6 is 0 Å². The third-order valence-corrected chi connectivity index (χ3v) is 7.11. The van der Waals surface area contributed by atoms with Crippen molar-refractivity contribution in [3.05, 3.63) is 122 Å². The van der Waals surface area contributed by atoms with Gasteiger partial charge in [-0.25, -0.2) is 0 Å². The molecule has 4 heteroatoms. The summed E-state index contributed by atoms with van der Waals surface area (Å²) in [4.78, 5) is 0. The quantitative estimate of drug-likeness (QED) is 0.262. The Kier molecular flexibility index (Phi) is 3.91. The van der Waals surface area contributed by atoms with E-state index in [1.165, 1.54) is 10.8 Å². The van der Waals surface area contributed by atoms with Crippen molar-refractivity contribution in [2.75, 3.05) is 0 Å². The second-order valence-corrected chi connectivity index (χ2v) is 9.08. The summed E-state index contributed by atoms with van der Waals surface area (Å²) in [6, 6.07) is 38.2. The van der Waals surface area contributed by atoms with E-state index in [1.807, 2.05) is 12.1 Å². The number of fused-ring (bicyclic) bond motifs is 6. The van der Waals surface area contributed by atoms with Gasteiger partial charge in [-0.2, -0.15) is 0 Å². The molecular weight excluding hydrogens is 444 g/mol. The summed E-state index contributed by atoms with van der Waals surface area (Å²) in [5.74, 6) is 0. The Hall–Kier alpha value is -4.96. The molecule has 36 heavy (non-hydrogen) atoms. The Morgan fingerprint density at radius 3 is 1.39 bits per heavy atom. The molecule has 0 amide bonds. The maximum Gasteiger partial charge on any atom is 0.212 e. The minimum absolute atomic E-state index is 0.862. The van der Waals surface area contributed by atoms with Crippen molar-refractivity contribution in [3.8, 4) is 22.5 Å². The standard InChI is InChI=1S/C32H20N2O2/c1-3-13-29-25(11-1)27-15-17-35-31(27)33(29)23-9-5-7-21(19-23)22-8-6-10-24(20-22)34-30-14-4-2-12-26(30)28-16-18-36-32(28)34/h1-20H. The van der Waals surface area contributed by atoms with Gasteiger partial charge in [0.15, 0.2) is 0 Å². The highest BCUT2D eigenvalue weighted by atomic mass is 16.3. The predicted octanol–water partition coefficient (Wildman–Crippen LogP) is 8.73. The average molecular weight is 465 g/mol. The monoisotopic (exact) mass is 464 g/mol. The van der Waals surface area contributed by atoms with E-state index in [2.05, 4.69) is 106 Å². The van der Waals surface area contributed by atoms with Gasteiger partial charge in [0, 0.05) is 32.9 Å². The van der Waals surface area contributed by atoms with Crippen LogP contribution < -0.4 is 0 Å². The zero-order chi connectivity index (χ0) is 23.6. The van der Waals surface area contributed by atoms with Crippen LogP contribution in [0.5, 0.6) is 0 Å². The maximum atomic E-state index is 5.93. The summed E-state index contributed by atoms with van der Waals surface area (Å²) >= 11 is 0. The first kappa shape index (κ1) is 19.4. The second kappa shape index (κ2) is 7.27. The highest BCUT2D eigenvalue weighted by Crippen LogP contribution is 2.36. The van der Waals surface area contributed by atoms with Gasteiger partial charge in [0.2, 0.25) is 11.4 Å². The van der Waals surface area contributed by atoms with Gasteiger partial charge in [0.1, 0.15) is 0 Å². The lowest BCUT2D eigenvalue weighted by molar-refractivity contribution is 0.595. The fraction of sp³-hybridized carbons (Fsp3) is 0. The van der Waals surface area contributed by atoms with Crippen LogP contribution in [0.4, 0.5) is 0 Å². The van der Waals surface area contributed by atoms with Crippen LogP contribution in [0.25, 0.3) is 66.5 Å². The van der Waals surface area contributed by atoms with Gasteiger partial charge in [-0.3, -0.25) is 9.13 Å². The Morgan fingerprint density at radius 1 is 0.417 bits per heavy atom. The molecule has 0 radical (unpaired) electrons. The molecule has 0 spiro atoms. The van der Waals surface area contributed by atoms with Gasteiger partial charge in [-0.1, -0.05) is 60.7 Å². The summed E-state index contributed by atoms with van der Waals surface area (Å²) in [6.07, 6.45) is 3.52. The Labute approximate surface area is 206 Å². The second-order valence-electron chi connectivity index (χ2n) is 9.08. The molecule has 0 atom stereocenters. The van der Waals surface area contributed by atoms with Crippen LogP contribution in [0, 0.1) is 0 Å². The summed E-state index contributed by atoms with van der Waals surface area (Å²) in [5.41, 5.74) is 8.41. The lowest BCUT2D eigenvalue weighted by Crippen LogP contribution is -1.95. The highest BCUT2D eigenvalue weighted by Gasteiger charge is 2.16. The normalized spacial score (nSPS) is 11.9. The van der Waals surface area contributed by atoms with E-state index < -0.39 is 0 Å². The molecule has 4 nitrogen and oxygen atoms in total. The van der Waals surface area contributed by atoms with Crippen molar-refractivity contribution in [2.24, 2.45) is 0 Å². The number of benzene rings is 4. The van der Waals surface area contributed by atoms with Gasteiger partial charge < -0.3 is 8.83 Å². The van der Waals surface area contributed by atoms with E-state index in [4.69, 9.17) is 8.83 Å². The molecule has 4 heterocycles. The molecule has 0 fully saturated rings. The molecule has 8 aromatic rings. The topological polar surface area (TPSA) is 36.1 Å². The van der Waals surface area contributed by atoms with Crippen LogP contribution in [-0.2, 0) is 0 Å². The first-order valence-corrected chi connectivity index (χ1v) is 12.0. The molecule has 8 rings (SSSR count). The first-order valence-electron chi connectivity index (χ1n) is 12.0. The number of rotatable bonds is 3. The third-order valence-electron chi connectivity index (χ3n) is 7.11. The Balaban J connectivity index is 1.31. The summed E-state index contributed by atoms with van der Waals surface area (Å²) in [7, 11) is 0. The van der Waals surface area contributed by atoms with Crippen molar-refractivity contribution >= 4 is 44.0 Å². The van der Waals surface area contributed by atoms with Gasteiger partial charge in [-0.05, 0) is 59.7 Å². The number of hydrogen-bond donors (Lipinski definition) is 0. The molecule has 0 aliphatic carbocycles. The van der Waals surface area contributed by atoms with Crippen molar-refractivity contribution in [1.82, 2.24) is 9.13 Å². The predicted molar refractivity (Wildman–Crippen MR) is 145 cm³/mol. The largest absolute Gasteiger partial charge is 0.447 e. The minimum atomic E-state index is 0.862. The molecule has 170 valence electrons. The summed E-state index contributed by atoms with van der Waals surface area (Å²) < 4.78 is 16.2. The van der Waals surface area contributed by atoms with Crippen molar-refractivity contribution < 1.29 is 8.83 Å². The number of aromatic nitrogens is 2. The number of furan rings is 2. The van der Waals surface area contributed by atoms with Crippen molar-refractivity contribution in [2.45, 2.75) is 0 Å². The van der Waals surface area contributed by atoms with Gasteiger partial charge in [-0.15, -0.1) is 0 Å². The fourth-order valence-corrected chi connectivity index (χ4v) is 5.53. The van der Waals surface area contributed by atoms with E-state index in [1.54, 1.807) is 12.5 Å². The van der Waals surface area contributed by atoms with Gasteiger partial charge in [0.05, 0.1) is 23.6 Å². The Morgan fingerprint density at radius 2 is 0.889 bits per heavy atom. The minimum Gasteiger partial charge on any atom is -0.447 e. The van der Waals surface area contributed by atoms with Crippen LogP contribution in [0.2, 0.25) is 0 Å². The molecule has 0 aliphatic rings. The summed E-state index contributed by atoms with van der Waals surface area (Å²) in [6.45, 7) is 0. The van der Waals surface area contributed by atoms with E-state index in [0.29, 0.717) is 0 Å². The maximum absolute atomic E-state index is 5.93. The van der Waals surface area contributed by atoms with Crippen molar-refractivity contribution in [3.63, 3.8) is 0 Å². The Bertz CT molecular complexity index is 1910. The van der Waals surface area contributed by atoms with Gasteiger partial charge in [0.25, 0.3) is 0 Å². The van der Waals surface area contributed by atoms with Crippen LogP contribution in [0.1, 0.15) is 0 Å². The number of para-hydroxylation sites is 2. The molecule has 4 aromatic heterocycles. The molecule has 0 aliphatic heterocycles. The van der Waals surface area contributed by atoms with E-state index in [9.17, 15) is 0 Å². The van der Waals surface area contributed by atoms with E-state index in [0.717, 1.165) is 55.7 Å². The van der Waals surface area contributed by atoms with Crippen LogP contribution in [0.15, 0.2) is 131 Å². The van der Waals surface area contributed by atoms with Crippen LogP contribution in [0.3, 0.4) is 0 Å². The molecule has 0 saturated heterocycles. The molecule has 0 bridgehead atoms. The smallest absolute Gasteiger partial charge is 0.212 e. The van der Waals surface area contributed by atoms with Gasteiger partial charge >= 0.3 is 0 Å². The molecular formula is C32H20N2O2. The average Bonchev–Trinajstić information content (AvgIpc) is 3.70. The summed E-state index contributed by atoms with van der Waals surface area (Å²) in [5, 5.41) is 4.63. The highest BCUT2D eigenvalue weighted by molar-refractivity contribution is 6.08. The molecule has 0 unspecified atom stereocenters. The lowest BCUT2D eigenvalue weighted by atomic mass is 10.0. The SMILES string of the molecule is c1cc(-c2cccc(-n3c4ccccc4c4ccoc43)c2)cc(-n2c3ccccc3c3ccoc32)c1. The number of nitrogens with zero attached hydrogens (tertiary/aromatic N) is 2. The lowest BCUT2D eigenvalue weighted by Gasteiger charge is -2.11. The molecule has 4 aromatic carbocycles. The zero-order valence-corrected chi connectivity index (χ0v) is 19.3. The van der Waals surface area contributed by atoms with Crippen LogP contribution in [-0.4, -0.2) is 9.13 Å². The van der Waals surface area contributed by atoms with Crippen molar-refractivity contribution in [1.29, 1.82) is 0 Å². The zero-order valence-electron chi connectivity index (χ0n) is 19.3. The first-order chi connectivity index (χ1) is 17.9. The van der Waals surface area contributed by atoms with E-state index in [-0.39, 0.29) is 0 Å². The molecule has 0 N–H and O–H groups in total.